The first kappa shape index (κ1) is 16.9. The molecule has 7 heteroatoms. The third-order valence-corrected chi connectivity index (χ3v) is 1.60. The predicted molar refractivity (Wildman–Crippen MR) is 56.3 cm³/mol. The van der Waals surface area contributed by atoms with Gasteiger partial charge in [-0.15, -0.1) is 24.8 Å². The van der Waals surface area contributed by atoms with Crippen molar-refractivity contribution < 1.29 is 13.2 Å². The molecule has 0 radical (unpaired) electrons. The Hall–Kier alpha value is -0.520. The molecular weight excluding hydrogens is 252 g/mol. The number of rotatable bonds is 1. The van der Waals surface area contributed by atoms with E-state index < -0.39 is 17.9 Å². The Kier molecular flexibility index (Phi) is 6.92. The SMILES string of the molecule is CC(N)c1ccnc(C(F)(F)F)c1.Cl.Cl. The minimum Gasteiger partial charge on any atom is -0.324 e. The molecule has 15 heavy (non-hydrogen) atoms. The van der Waals surface area contributed by atoms with E-state index in [1.54, 1.807) is 6.92 Å². The van der Waals surface area contributed by atoms with E-state index >= 15 is 0 Å². The number of hydrogen-bond donors (Lipinski definition) is 1. The highest BCUT2D eigenvalue weighted by atomic mass is 35.5. The van der Waals surface area contributed by atoms with Crippen LogP contribution in [0.15, 0.2) is 18.3 Å². The van der Waals surface area contributed by atoms with Crippen LogP contribution in [0, 0.1) is 0 Å². The standard InChI is InChI=1S/C8H9F3N2.2ClH/c1-5(12)6-2-3-13-7(4-6)8(9,10)11;;/h2-5H,12H2,1H3;2*1H. The van der Waals surface area contributed by atoms with Gasteiger partial charge in [0.25, 0.3) is 0 Å². The zero-order valence-corrected chi connectivity index (χ0v) is 9.42. The fourth-order valence-electron chi connectivity index (χ4n) is 0.885. The summed E-state index contributed by atoms with van der Waals surface area (Å²) in [5, 5.41) is 0. The molecule has 2 N–H and O–H groups in total. The number of nitrogens with zero attached hydrogens (tertiary/aromatic N) is 1. The van der Waals surface area contributed by atoms with Gasteiger partial charge in [-0.1, -0.05) is 0 Å². The summed E-state index contributed by atoms with van der Waals surface area (Å²) in [6.45, 7) is 1.62. The number of pyridine rings is 1. The summed E-state index contributed by atoms with van der Waals surface area (Å²) >= 11 is 0. The Bertz CT molecular complexity index is 302. The fourth-order valence-corrected chi connectivity index (χ4v) is 0.885. The van der Waals surface area contributed by atoms with Crippen LogP contribution in [0.1, 0.15) is 24.2 Å². The zero-order chi connectivity index (χ0) is 10.1. The molecule has 88 valence electrons. The maximum absolute atomic E-state index is 12.1. The predicted octanol–water partition coefficient (Wildman–Crippen LogP) is 2.96. The van der Waals surface area contributed by atoms with E-state index in [1.165, 1.54) is 6.07 Å². The molecule has 0 aliphatic carbocycles. The molecule has 0 bridgehead atoms. The van der Waals surface area contributed by atoms with Gasteiger partial charge in [-0.2, -0.15) is 13.2 Å². The van der Waals surface area contributed by atoms with Gasteiger partial charge in [0, 0.05) is 12.2 Å². The summed E-state index contributed by atoms with van der Waals surface area (Å²) < 4.78 is 36.4. The first-order valence-corrected chi connectivity index (χ1v) is 3.70. The Morgan fingerprint density at radius 3 is 2.27 bits per heavy atom. The molecule has 1 aromatic rings. The van der Waals surface area contributed by atoms with Gasteiger partial charge in [0.1, 0.15) is 5.69 Å². The van der Waals surface area contributed by atoms with Crippen LogP contribution < -0.4 is 5.73 Å². The van der Waals surface area contributed by atoms with Gasteiger partial charge in [-0.05, 0) is 24.6 Å². The van der Waals surface area contributed by atoms with Gasteiger partial charge in [-0.25, -0.2) is 0 Å². The van der Waals surface area contributed by atoms with Crippen molar-refractivity contribution in [3.05, 3.63) is 29.6 Å². The molecule has 2 nitrogen and oxygen atoms in total. The third kappa shape index (κ3) is 4.68. The van der Waals surface area contributed by atoms with Crippen LogP contribution in [0.4, 0.5) is 13.2 Å². The molecule has 0 saturated carbocycles. The van der Waals surface area contributed by atoms with Crippen molar-refractivity contribution in [2.24, 2.45) is 5.73 Å². The van der Waals surface area contributed by atoms with Crippen molar-refractivity contribution in [1.82, 2.24) is 4.98 Å². The molecule has 0 saturated heterocycles. The second-order valence-electron chi connectivity index (χ2n) is 2.76. The summed E-state index contributed by atoms with van der Waals surface area (Å²) in [5.41, 5.74) is 4.96. The molecule has 0 aromatic carbocycles. The van der Waals surface area contributed by atoms with Crippen LogP contribution in [-0.2, 0) is 6.18 Å². The second-order valence-corrected chi connectivity index (χ2v) is 2.76. The monoisotopic (exact) mass is 262 g/mol. The highest BCUT2D eigenvalue weighted by molar-refractivity contribution is 5.85. The zero-order valence-electron chi connectivity index (χ0n) is 7.78. The van der Waals surface area contributed by atoms with E-state index in [4.69, 9.17) is 5.73 Å². The quantitative estimate of drug-likeness (QED) is 0.845. The summed E-state index contributed by atoms with van der Waals surface area (Å²) in [6, 6.07) is 2.02. The fraction of sp³-hybridized carbons (Fsp3) is 0.375. The van der Waals surface area contributed by atoms with Crippen LogP contribution in [0.25, 0.3) is 0 Å². The largest absolute Gasteiger partial charge is 0.433 e. The Morgan fingerprint density at radius 1 is 1.33 bits per heavy atom. The lowest BCUT2D eigenvalue weighted by Crippen LogP contribution is -2.11. The second kappa shape index (κ2) is 6.15. The molecule has 0 fully saturated rings. The maximum atomic E-state index is 12.1. The summed E-state index contributed by atoms with van der Waals surface area (Å²) in [5.74, 6) is 0. The van der Waals surface area contributed by atoms with Crippen LogP contribution in [-0.4, -0.2) is 4.98 Å². The molecule has 1 rings (SSSR count). The molecule has 1 heterocycles. The highest BCUT2D eigenvalue weighted by Crippen LogP contribution is 2.28. The molecule has 1 aromatic heterocycles. The van der Waals surface area contributed by atoms with E-state index in [0.717, 1.165) is 12.3 Å². The summed E-state index contributed by atoms with van der Waals surface area (Å²) in [7, 11) is 0. The smallest absolute Gasteiger partial charge is 0.324 e. The molecular formula is C8H11Cl2F3N2. The third-order valence-electron chi connectivity index (χ3n) is 1.60. The minimum absolute atomic E-state index is 0. The van der Waals surface area contributed by atoms with Crippen LogP contribution in [0.3, 0.4) is 0 Å². The van der Waals surface area contributed by atoms with Gasteiger partial charge >= 0.3 is 6.18 Å². The lowest BCUT2D eigenvalue weighted by Gasteiger charge is -2.09. The Labute approximate surface area is 97.9 Å². The topological polar surface area (TPSA) is 38.9 Å². The number of alkyl halides is 3. The summed E-state index contributed by atoms with van der Waals surface area (Å²) in [6.07, 6.45) is -3.29. The highest BCUT2D eigenvalue weighted by Gasteiger charge is 2.32. The Morgan fingerprint density at radius 2 is 1.87 bits per heavy atom. The van der Waals surface area contributed by atoms with Crippen molar-refractivity contribution >= 4 is 24.8 Å². The lowest BCUT2D eigenvalue weighted by atomic mass is 10.1. The molecule has 0 aliphatic heterocycles. The number of hydrogen-bond acceptors (Lipinski definition) is 2. The van der Waals surface area contributed by atoms with Gasteiger partial charge in [0.05, 0.1) is 0 Å². The van der Waals surface area contributed by atoms with Gasteiger partial charge < -0.3 is 5.73 Å². The van der Waals surface area contributed by atoms with E-state index in [0.29, 0.717) is 5.56 Å². The average molecular weight is 263 g/mol. The van der Waals surface area contributed by atoms with Crippen LogP contribution in [0.5, 0.6) is 0 Å². The van der Waals surface area contributed by atoms with E-state index in [1.807, 2.05) is 0 Å². The van der Waals surface area contributed by atoms with E-state index in [2.05, 4.69) is 4.98 Å². The van der Waals surface area contributed by atoms with Gasteiger partial charge in [0.2, 0.25) is 0 Å². The van der Waals surface area contributed by atoms with Crippen molar-refractivity contribution in [3.63, 3.8) is 0 Å². The number of halogens is 5. The molecule has 1 atom stereocenters. The molecule has 0 aliphatic rings. The minimum atomic E-state index is -4.40. The van der Waals surface area contributed by atoms with Crippen molar-refractivity contribution in [2.45, 2.75) is 19.1 Å². The van der Waals surface area contributed by atoms with Crippen molar-refractivity contribution in [3.8, 4) is 0 Å². The van der Waals surface area contributed by atoms with Crippen molar-refractivity contribution in [1.29, 1.82) is 0 Å². The first-order valence-electron chi connectivity index (χ1n) is 3.70. The molecule has 0 spiro atoms. The molecule has 0 amide bonds. The number of aromatic nitrogens is 1. The lowest BCUT2D eigenvalue weighted by molar-refractivity contribution is -0.141. The molecule has 1 unspecified atom stereocenters. The van der Waals surface area contributed by atoms with Crippen LogP contribution >= 0.6 is 24.8 Å². The Balaban J connectivity index is 0. The normalized spacial score (nSPS) is 12.3. The van der Waals surface area contributed by atoms with Gasteiger partial charge in [-0.3, -0.25) is 4.98 Å². The van der Waals surface area contributed by atoms with E-state index in [-0.39, 0.29) is 24.8 Å². The maximum Gasteiger partial charge on any atom is 0.433 e. The van der Waals surface area contributed by atoms with Gasteiger partial charge in [0.15, 0.2) is 0 Å². The number of nitrogens with two attached hydrogens (primary N) is 1. The average Bonchev–Trinajstić information content (AvgIpc) is 2.03. The summed E-state index contributed by atoms with van der Waals surface area (Å²) in [4.78, 5) is 3.21. The van der Waals surface area contributed by atoms with Crippen LogP contribution in [0.2, 0.25) is 0 Å². The van der Waals surface area contributed by atoms with E-state index in [9.17, 15) is 13.2 Å². The first-order chi connectivity index (χ1) is 5.91. The van der Waals surface area contributed by atoms with Crippen molar-refractivity contribution in [2.75, 3.05) is 0 Å².